The van der Waals surface area contributed by atoms with E-state index in [9.17, 15) is 4.79 Å². The van der Waals surface area contributed by atoms with Crippen molar-refractivity contribution in [1.82, 2.24) is 15.1 Å². The van der Waals surface area contributed by atoms with E-state index in [-0.39, 0.29) is 5.91 Å². The quantitative estimate of drug-likeness (QED) is 0.863. The zero-order valence-corrected chi connectivity index (χ0v) is 15.5. The van der Waals surface area contributed by atoms with E-state index in [0.29, 0.717) is 30.7 Å². The molecule has 1 atom stereocenters. The van der Waals surface area contributed by atoms with Gasteiger partial charge < -0.3 is 10.1 Å². The van der Waals surface area contributed by atoms with Crippen molar-refractivity contribution in [2.24, 2.45) is 0 Å². The number of carbonyl (C=O) groups is 1. The first-order chi connectivity index (χ1) is 12.7. The van der Waals surface area contributed by atoms with Gasteiger partial charge in [0.15, 0.2) is 0 Å². The summed E-state index contributed by atoms with van der Waals surface area (Å²) in [6.07, 6.45) is 2.24. The monoisotopic (exact) mass is 356 g/mol. The van der Waals surface area contributed by atoms with Gasteiger partial charge in [0.05, 0.1) is 18.2 Å². The van der Waals surface area contributed by atoms with Crippen LogP contribution in [0.4, 0.5) is 0 Å². The van der Waals surface area contributed by atoms with E-state index < -0.39 is 0 Å². The van der Waals surface area contributed by atoms with Crippen molar-refractivity contribution in [1.29, 1.82) is 5.26 Å². The first-order valence-electron chi connectivity index (χ1n) is 9.47. The molecule has 1 amide bonds. The minimum atomic E-state index is 0.0405. The molecule has 0 aliphatic carbocycles. The van der Waals surface area contributed by atoms with Gasteiger partial charge in [-0.2, -0.15) is 5.26 Å². The highest BCUT2D eigenvalue weighted by Gasteiger charge is 2.30. The van der Waals surface area contributed by atoms with E-state index in [1.165, 1.54) is 0 Å². The molecule has 26 heavy (non-hydrogen) atoms. The Hall–Kier alpha value is -1.94. The lowest BCUT2D eigenvalue weighted by Crippen LogP contribution is -2.57. The number of piperazine rings is 1. The zero-order valence-electron chi connectivity index (χ0n) is 15.5. The third-order valence-corrected chi connectivity index (χ3v) is 5.40. The van der Waals surface area contributed by atoms with Crippen LogP contribution in [0.25, 0.3) is 0 Å². The Kier molecular flexibility index (Phi) is 6.62. The minimum Gasteiger partial charge on any atom is -0.381 e. The number of nitriles is 1. The summed E-state index contributed by atoms with van der Waals surface area (Å²) in [6, 6.07) is 10.5. The predicted molar refractivity (Wildman–Crippen MR) is 99.5 cm³/mol. The number of amides is 1. The number of hydrogen-bond donors (Lipinski definition) is 1. The number of nitrogens with one attached hydrogen (secondary N) is 1. The van der Waals surface area contributed by atoms with Crippen LogP contribution in [0.5, 0.6) is 0 Å². The highest BCUT2D eigenvalue weighted by atomic mass is 16.5. The fourth-order valence-electron chi connectivity index (χ4n) is 3.83. The molecule has 0 bridgehead atoms. The van der Waals surface area contributed by atoms with E-state index in [0.717, 1.165) is 51.3 Å². The van der Waals surface area contributed by atoms with Crippen molar-refractivity contribution < 1.29 is 9.53 Å². The average molecular weight is 356 g/mol. The van der Waals surface area contributed by atoms with Crippen LogP contribution in [0, 0.1) is 11.3 Å². The van der Waals surface area contributed by atoms with Gasteiger partial charge in [0.2, 0.25) is 5.91 Å². The van der Waals surface area contributed by atoms with Gasteiger partial charge >= 0.3 is 0 Å². The van der Waals surface area contributed by atoms with E-state index in [1.54, 1.807) is 6.07 Å². The Bertz CT molecular complexity index is 651. The molecule has 1 N–H and O–H groups in total. The standard InChI is InChI=1S/C20H28N4O2/c1-16-14-24(19-5-9-26-10-6-19)8-7-23(16)15-20(25)22-13-18-4-2-3-17(11-18)12-21/h2-4,11,16,19H,5-10,13-15H2,1H3,(H,22,25)/t16-/m0/s1. The maximum absolute atomic E-state index is 12.3. The maximum Gasteiger partial charge on any atom is 0.234 e. The molecule has 0 saturated carbocycles. The van der Waals surface area contributed by atoms with Crippen LogP contribution in [-0.4, -0.2) is 67.2 Å². The van der Waals surface area contributed by atoms with E-state index in [2.05, 4.69) is 28.1 Å². The third kappa shape index (κ3) is 5.04. The molecular weight excluding hydrogens is 328 g/mol. The molecule has 6 heteroatoms. The van der Waals surface area contributed by atoms with Crippen molar-refractivity contribution in [3.05, 3.63) is 35.4 Å². The molecule has 6 nitrogen and oxygen atoms in total. The number of nitrogens with zero attached hydrogens (tertiary/aromatic N) is 3. The zero-order chi connectivity index (χ0) is 18.4. The third-order valence-electron chi connectivity index (χ3n) is 5.40. The first-order valence-corrected chi connectivity index (χ1v) is 9.47. The molecule has 2 aliphatic heterocycles. The summed E-state index contributed by atoms with van der Waals surface area (Å²) < 4.78 is 5.46. The minimum absolute atomic E-state index is 0.0405. The molecule has 1 aromatic carbocycles. The number of rotatable bonds is 5. The van der Waals surface area contributed by atoms with Crippen LogP contribution in [0.2, 0.25) is 0 Å². The summed E-state index contributed by atoms with van der Waals surface area (Å²) in [6.45, 7) is 7.80. The van der Waals surface area contributed by atoms with Gasteiger partial charge in [0.1, 0.15) is 0 Å². The van der Waals surface area contributed by atoms with Crippen molar-refractivity contribution in [2.75, 3.05) is 39.4 Å². The van der Waals surface area contributed by atoms with Crippen LogP contribution in [0.3, 0.4) is 0 Å². The smallest absolute Gasteiger partial charge is 0.234 e. The number of benzene rings is 1. The van der Waals surface area contributed by atoms with Gasteiger partial charge in [-0.05, 0) is 37.5 Å². The van der Waals surface area contributed by atoms with Crippen LogP contribution < -0.4 is 5.32 Å². The molecule has 140 valence electrons. The summed E-state index contributed by atoms with van der Waals surface area (Å²) in [5.41, 5.74) is 1.57. The largest absolute Gasteiger partial charge is 0.381 e. The van der Waals surface area contributed by atoms with Crippen LogP contribution in [0.1, 0.15) is 30.9 Å². The van der Waals surface area contributed by atoms with Crippen LogP contribution >= 0.6 is 0 Å². The summed E-state index contributed by atoms with van der Waals surface area (Å²) in [4.78, 5) is 17.1. The number of carbonyl (C=O) groups excluding carboxylic acids is 1. The van der Waals surface area contributed by atoms with Crippen molar-refractivity contribution in [2.45, 2.75) is 38.4 Å². The number of hydrogen-bond acceptors (Lipinski definition) is 5. The second kappa shape index (κ2) is 9.13. The molecule has 1 aromatic rings. The fourth-order valence-corrected chi connectivity index (χ4v) is 3.83. The van der Waals surface area contributed by atoms with Gasteiger partial charge in [-0.15, -0.1) is 0 Å². The molecule has 2 fully saturated rings. The maximum atomic E-state index is 12.3. The van der Waals surface area contributed by atoms with Crippen molar-refractivity contribution >= 4 is 5.91 Å². The topological polar surface area (TPSA) is 68.6 Å². The second-order valence-electron chi connectivity index (χ2n) is 7.25. The molecule has 2 heterocycles. The highest BCUT2D eigenvalue weighted by Crippen LogP contribution is 2.19. The van der Waals surface area contributed by atoms with Gasteiger partial charge in [-0.1, -0.05) is 12.1 Å². The van der Waals surface area contributed by atoms with E-state index in [4.69, 9.17) is 10.00 Å². The Morgan fingerprint density at radius 1 is 1.35 bits per heavy atom. The van der Waals surface area contributed by atoms with Crippen molar-refractivity contribution in [3.8, 4) is 6.07 Å². The van der Waals surface area contributed by atoms with Crippen LogP contribution in [-0.2, 0) is 16.1 Å². The lowest BCUT2D eigenvalue weighted by atomic mass is 10.0. The van der Waals surface area contributed by atoms with Gasteiger partial charge in [0, 0.05) is 51.5 Å². The molecule has 0 radical (unpaired) electrons. The van der Waals surface area contributed by atoms with Gasteiger partial charge in [-0.3, -0.25) is 14.6 Å². The van der Waals surface area contributed by atoms with E-state index >= 15 is 0 Å². The fraction of sp³-hybridized carbons (Fsp3) is 0.600. The van der Waals surface area contributed by atoms with Gasteiger partial charge in [-0.25, -0.2) is 0 Å². The molecule has 0 aromatic heterocycles. The van der Waals surface area contributed by atoms with E-state index in [1.807, 2.05) is 18.2 Å². The SMILES string of the molecule is C[C@H]1CN(C2CCOCC2)CCN1CC(=O)NCc1cccc(C#N)c1. The summed E-state index contributed by atoms with van der Waals surface area (Å²) in [7, 11) is 0. The first kappa shape index (κ1) is 18.8. The summed E-state index contributed by atoms with van der Waals surface area (Å²) >= 11 is 0. The molecule has 0 spiro atoms. The Labute approximate surface area is 155 Å². The lowest BCUT2D eigenvalue weighted by Gasteiger charge is -2.44. The predicted octanol–water partition coefficient (Wildman–Crippen LogP) is 1.36. The molecule has 2 aliphatic rings. The Morgan fingerprint density at radius 2 is 2.15 bits per heavy atom. The molecule has 2 saturated heterocycles. The Morgan fingerprint density at radius 3 is 2.88 bits per heavy atom. The second-order valence-corrected chi connectivity index (χ2v) is 7.25. The van der Waals surface area contributed by atoms with Crippen LogP contribution in [0.15, 0.2) is 24.3 Å². The number of ether oxygens (including phenoxy) is 1. The summed E-state index contributed by atoms with van der Waals surface area (Å²) in [5.74, 6) is 0.0405. The normalized spacial score (nSPS) is 22.7. The average Bonchev–Trinajstić information content (AvgIpc) is 2.69. The Balaban J connectivity index is 1.43. The molecule has 3 rings (SSSR count). The molecular formula is C20H28N4O2. The summed E-state index contributed by atoms with van der Waals surface area (Å²) in [5, 5.41) is 11.9. The van der Waals surface area contributed by atoms with Gasteiger partial charge in [0.25, 0.3) is 0 Å². The highest BCUT2D eigenvalue weighted by molar-refractivity contribution is 5.78. The lowest BCUT2D eigenvalue weighted by molar-refractivity contribution is -0.123. The van der Waals surface area contributed by atoms with Crippen molar-refractivity contribution in [3.63, 3.8) is 0 Å². The molecule has 0 unspecified atom stereocenters.